The molecule has 112 valence electrons. The quantitative estimate of drug-likeness (QED) is 0.853. The van der Waals surface area contributed by atoms with E-state index in [2.05, 4.69) is 69.4 Å². The molecule has 2 aromatic carbocycles. The van der Waals surface area contributed by atoms with E-state index in [9.17, 15) is 0 Å². The summed E-state index contributed by atoms with van der Waals surface area (Å²) in [6.45, 7) is 10.9. The van der Waals surface area contributed by atoms with Gasteiger partial charge in [-0.05, 0) is 38.9 Å². The molecule has 0 radical (unpaired) electrons. The molecule has 0 aliphatic rings. The zero-order valence-corrected chi connectivity index (χ0v) is 13.5. The zero-order valence-electron chi connectivity index (χ0n) is 13.5. The Kier molecular flexibility index (Phi) is 5.40. The highest BCUT2D eigenvalue weighted by Crippen LogP contribution is 2.21. The average Bonchev–Trinajstić information content (AvgIpc) is 2.43. The van der Waals surface area contributed by atoms with E-state index in [0.29, 0.717) is 6.61 Å². The number of rotatable bonds is 6. The van der Waals surface area contributed by atoms with Gasteiger partial charge in [-0.3, -0.25) is 0 Å². The molecule has 2 heteroatoms. The molecule has 1 N–H and O–H groups in total. The summed E-state index contributed by atoms with van der Waals surface area (Å²) in [4.78, 5) is 0. The standard InChI is InChI=1S/C19H25NO/c1-5-20-12-18-11-14(2)6-7-19(18)21-13-17-9-15(3)8-16(4)10-17/h6-11,20H,5,12-13H2,1-4H3. The molecule has 21 heavy (non-hydrogen) atoms. The van der Waals surface area contributed by atoms with Crippen molar-refractivity contribution in [3.63, 3.8) is 0 Å². The minimum absolute atomic E-state index is 0.616. The summed E-state index contributed by atoms with van der Waals surface area (Å²) in [5.41, 5.74) is 6.28. The van der Waals surface area contributed by atoms with Crippen LogP contribution in [0.4, 0.5) is 0 Å². The van der Waals surface area contributed by atoms with Crippen molar-refractivity contribution in [3.8, 4) is 5.75 Å². The van der Waals surface area contributed by atoms with Crippen molar-refractivity contribution in [1.82, 2.24) is 5.32 Å². The van der Waals surface area contributed by atoms with E-state index in [1.807, 2.05) is 0 Å². The zero-order chi connectivity index (χ0) is 15.2. The van der Waals surface area contributed by atoms with Crippen LogP contribution in [0.25, 0.3) is 0 Å². The number of nitrogens with one attached hydrogen (secondary N) is 1. The van der Waals surface area contributed by atoms with Crippen molar-refractivity contribution in [1.29, 1.82) is 0 Å². The van der Waals surface area contributed by atoms with Gasteiger partial charge in [0.2, 0.25) is 0 Å². The molecule has 0 unspecified atom stereocenters. The topological polar surface area (TPSA) is 21.3 Å². The Morgan fingerprint density at radius 2 is 1.62 bits per heavy atom. The summed E-state index contributed by atoms with van der Waals surface area (Å²) in [6, 6.07) is 12.9. The number of hydrogen-bond donors (Lipinski definition) is 1. The molecule has 0 fully saturated rings. The number of ether oxygens (including phenoxy) is 1. The normalized spacial score (nSPS) is 10.7. The second kappa shape index (κ2) is 7.28. The Morgan fingerprint density at radius 1 is 0.905 bits per heavy atom. The van der Waals surface area contributed by atoms with Crippen LogP contribution in [0.5, 0.6) is 5.75 Å². The molecule has 0 saturated carbocycles. The van der Waals surface area contributed by atoms with Gasteiger partial charge < -0.3 is 10.1 Å². The van der Waals surface area contributed by atoms with Gasteiger partial charge in [-0.2, -0.15) is 0 Å². The average molecular weight is 283 g/mol. The van der Waals surface area contributed by atoms with Gasteiger partial charge in [0, 0.05) is 12.1 Å². The van der Waals surface area contributed by atoms with Gasteiger partial charge in [-0.25, -0.2) is 0 Å². The Labute approximate surface area is 128 Å². The first-order valence-corrected chi connectivity index (χ1v) is 7.58. The Bertz CT molecular complexity index is 584. The lowest BCUT2D eigenvalue weighted by atomic mass is 10.1. The molecule has 0 aromatic heterocycles. The van der Waals surface area contributed by atoms with Gasteiger partial charge in [0.05, 0.1) is 0 Å². The SMILES string of the molecule is CCNCc1cc(C)ccc1OCc1cc(C)cc(C)c1. The largest absolute Gasteiger partial charge is 0.489 e. The number of benzene rings is 2. The summed E-state index contributed by atoms with van der Waals surface area (Å²) < 4.78 is 6.05. The summed E-state index contributed by atoms with van der Waals surface area (Å²) >= 11 is 0. The molecule has 0 saturated heterocycles. The van der Waals surface area contributed by atoms with Crippen molar-refractivity contribution in [3.05, 3.63) is 64.2 Å². The second-order valence-electron chi connectivity index (χ2n) is 5.68. The molecular weight excluding hydrogens is 258 g/mol. The molecule has 0 aliphatic carbocycles. The molecule has 0 amide bonds. The Balaban J connectivity index is 2.11. The molecule has 0 aliphatic heterocycles. The minimum Gasteiger partial charge on any atom is -0.489 e. The highest BCUT2D eigenvalue weighted by molar-refractivity contribution is 5.37. The van der Waals surface area contributed by atoms with Crippen molar-refractivity contribution < 1.29 is 4.74 Å². The maximum atomic E-state index is 6.05. The Morgan fingerprint density at radius 3 is 2.29 bits per heavy atom. The summed E-state index contributed by atoms with van der Waals surface area (Å²) in [7, 11) is 0. The predicted molar refractivity (Wildman–Crippen MR) is 88.8 cm³/mol. The highest BCUT2D eigenvalue weighted by Gasteiger charge is 2.05. The van der Waals surface area contributed by atoms with E-state index < -0.39 is 0 Å². The van der Waals surface area contributed by atoms with Gasteiger partial charge >= 0.3 is 0 Å². The van der Waals surface area contributed by atoms with Gasteiger partial charge in [-0.1, -0.05) is 53.9 Å². The second-order valence-corrected chi connectivity index (χ2v) is 5.68. The van der Waals surface area contributed by atoms with E-state index in [-0.39, 0.29) is 0 Å². The van der Waals surface area contributed by atoms with Crippen LogP contribution in [0, 0.1) is 20.8 Å². The van der Waals surface area contributed by atoms with Crippen molar-refractivity contribution in [2.75, 3.05) is 6.54 Å². The minimum atomic E-state index is 0.616. The van der Waals surface area contributed by atoms with Crippen LogP contribution in [-0.2, 0) is 13.2 Å². The molecule has 0 heterocycles. The van der Waals surface area contributed by atoms with Crippen LogP contribution < -0.4 is 10.1 Å². The van der Waals surface area contributed by atoms with Crippen molar-refractivity contribution in [2.24, 2.45) is 0 Å². The number of hydrogen-bond acceptors (Lipinski definition) is 2. The van der Waals surface area contributed by atoms with Gasteiger partial charge in [0.1, 0.15) is 12.4 Å². The summed E-state index contributed by atoms with van der Waals surface area (Å²) in [5, 5.41) is 3.37. The molecule has 0 bridgehead atoms. The fraction of sp³-hybridized carbons (Fsp3) is 0.368. The lowest BCUT2D eigenvalue weighted by Gasteiger charge is -2.13. The maximum absolute atomic E-state index is 6.05. The van der Waals surface area contributed by atoms with E-state index >= 15 is 0 Å². The van der Waals surface area contributed by atoms with Crippen molar-refractivity contribution >= 4 is 0 Å². The van der Waals surface area contributed by atoms with Gasteiger partial charge in [0.15, 0.2) is 0 Å². The van der Waals surface area contributed by atoms with Crippen LogP contribution in [-0.4, -0.2) is 6.54 Å². The monoisotopic (exact) mass is 283 g/mol. The lowest BCUT2D eigenvalue weighted by Crippen LogP contribution is -2.13. The first-order chi connectivity index (χ1) is 10.1. The fourth-order valence-electron chi connectivity index (χ4n) is 2.56. The van der Waals surface area contributed by atoms with Gasteiger partial charge in [-0.15, -0.1) is 0 Å². The molecule has 0 atom stereocenters. The first kappa shape index (κ1) is 15.6. The Hall–Kier alpha value is -1.80. The third kappa shape index (κ3) is 4.61. The van der Waals surface area contributed by atoms with Gasteiger partial charge in [0.25, 0.3) is 0 Å². The molecule has 2 nitrogen and oxygen atoms in total. The fourth-order valence-corrected chi connectivity index (χ4v) is 2.56. The molecule has 2 rings (SSSR count). The third-order valence-electron chi connectivity index (χ3n) is 3.46. The summed E-state index contributed by atoms with van der Waals surface area (Å²) in [6.07, 6.45) is 0. The van der Waals surface area contributed by atoms with Crippen LogP contribution in [0.15, 0.2) is 36.4 Å². The third-order valence-corrected chi connectivity index (χ3v) is 3.46. The van der Waals surface area contributed by atoms with E-state index in [4.69, 9.17) is 4.74 Å². The van der Waals surface area contributed by atoms with Crippen LogP contribution in [0.2, 0.25) is 0 Å². The van der Waals surface area contributed by atoms with Crippen LogP contribution in [0.1, 0.15) is 34.7 Å². The number of aryl methyl sites for hydroxylation is 3. The molecule has 2 aromatic rings. The summed E-state index contributed by atoms with van der Waals surface area (Å²) in [5.74, 6) is 0.973. The first-order valence-electron chi connectivity index (χ1n) is 7.58. The van der Waals surface area contributed by atoms with E-state index in [1.54, 1.807) is 0 Å². The van der Waals surface area contributed by atoms with Crippen LogP contribution in [0.3, 0.4) is 0 Å². The predicted octanol–water partition coefficient (Wildman–Crippen LogP) is 4.30. The molecular formula is C19H25NO. The van der Waals surface area contributed by atoms with Crippen LogP contribution >= 0.6 is 0 Å². The molecule has 0 spiro atoms. The smallest absolute Gasteiger partial charge is 0.124 e. The van der Waals surface area contributed by atoms with E-state index in [0.717, 1.165) is 18.8 Å². The maximum Gasteiger partial charge on any atom is 0.124 e. The van der Waals surface area contributed by atoms with E-state index in [1.165, 1.54) is 27.8 Å². The van der Waals surface area contributed by atoms with Crippen molar-refractivity contribution in [2.45, 2.75) is 40.8 Å². The highest BCUT2D eigenvalue weighted by atomic mass is 16.5. The lowest BCUT2D eigenvalue weighted by molar-refractivity contribution is 0.302.